The molecule has 3 nitrogen and oxygen atoms in total. The van der Waals surface area contributed by atoms with Crippen LogP contribution in [0.2, 0.25) is 0 Å². The van der Waals surface area contributed by atoms with Gasteiger partial charge in [0, 0.05) is 26.6 Å². The highest BCUT2D eigenvalue weighted by Gasteiger charge is 2.14. The zero-order valence-electron chi connectivity index (χ0n) is 8.68. The number of nitrogens with zero attached hydrogens (tertiary/aromatic N) is 1. The van der Waals surface area contributed by atoms with Crippen molar-refractivity contribution < 1.29 is 4.79 Å². The Bertz CT molecular complexity index is 162. The van der Waals surface area contributed by atoms with E-state index in [9.17, 15) is 4.79 Å². The second kappa shape index (κ2) is 5.22. The van der Waals surface area contributed by atoms with Gasteiger partial charge in [-0.2, -0.15) is 0 Å². The van der Waals surface area contributed by atoms with Gasteiger partial charge >= 0.3 is 0 Å². The van der Waals surface area contributed by atoms with E-state index in [1.807, 2.05) is 14.1 Å². The van der Waals surface area contributed by atoms with Gasteiger partial charge in [-0.1, -0.05) is 0 Å². The molecule has 1 fully saturated rings. The van der Waals surface area contributed by atoms with Crippen molar-refractivity contribution >= 4 is 5.91 Å². The van der Waals surface area contributed by atoms with Gasteiger partial charge in [-0.05, 0) is 32.2 Å². The third-order valence-corrected chi connectivity index (χ3v) is 2.60. The van der Waals surface area contributed by atoms with E-state index in [1.165, 1.54) is 12.8 Å². The van der Waals surface area contributed by atoms with Crippen LogP contribution in [0.25, 0.3) is 0 Å². The van der Waals surface area contributed by atoms with E-state index in [1.54, 1.807) is 4.90 Å². The molecule has 0 aromatic heterocycles. The lowest BCUT2D eigenvalue weighted by Crippen LogP contribution is -2.24. The van der Waals surface area contributed by atoms with Crippen molar-refractivity contribution in [3.8, 4) is 0 Å². The van der Waals surface area contributed by atoms with Crippen LogP contribution in [0.4, 0.5) is 0 Å². The molecule has 0 saturated carbocycles. The molecule has 1 saturated heterocycles. The Morgan fingerprint density at radius 2 is 2.31 bits per heavy atom. The number of hydrogen-bond acceptors (Lipinski definition) is 2. The van der Waals surface area contributed by atoms with Crippen LogP contribution >= 0.6 is 0 Å². The van der Waals surface area contributed by atoms with E-state index in [4.69, 9.17) is 0 Å². The predicted molar refractivity (Wildman–Crippen MR) is 53.6 cm³/mol. The quantitative estimate of drug-likeness (QED) is 0.707. The fraction of sp³-hybridized carbons (Fsp3) is 0.900. The number of carbonyl (C=O) groups is 1. The van der Waals surface area contributed by atoms with Crippen LogP contribution in [-0.2, 0) is 4.79 Å². The molecule has 1 N–H and O–H groups in total. The molecule has 76 valence electrons. The van der Waals surface area contributed by atoms with Crippen LogP contribution in [0, 0.1) is 0 Å². The molecule has 1 unspecified atom stereocenters. The van der Waals surface area contributed by atoms with Crippen molar-refractivity contribution in [1.82, 2.24) is 10.2 Å². The first-order valence-electron chi connectivity index (χ1n) is 5.13. The molecule has 0 spiro atoms. The molecule has 1 heterocycles. The molecular weight excluding hydrogens is 164 g/mol. The first-order chi connectivity index (χ1) is 6.20. The van der Waals surface area contributed by atoms with Crippen molar-refractivity contribution in [2.24, 2.45) is 0 Å². The molecule has 0 bridgehead atoms. The number of hydrogen-bond donors (Lipinski definition) is 1. The van der Waals surface area contributed by atoms with E-state index in [0.717, 1.165) is 19.4 Å². The lowest BCUT2D eigenvalue weighted by atomic mass is 10.1. The fourth-order valence-electron chi connectivity index (χ4n) is 1.73. The molecule has 0 aromatic carbocycles. The highest BCUT2D eigenvalue weighted by Crippen LogP contribution is 2.12. The average Bonchev–Trinajstić information content (AvgIpc) is 2.56. The van der Waals surface area contributed by atoms with Crippen molar-refractivity contribution in [2.45, 2.75) is 38.1 Å². The maximum Gasteiger partial charge on any atom is 0.222 e. The Hall–Kier alpha value is -0.570. The summed E-state index contributed by atoms with van der Waals surface area (Å²) in [5.41, 5.74) is 0. The van der Waals surface area contributed by atoms with Gasteiger partial charge in [-0.3, -0.25) is 4.79 Å². The summed E-state index contributed by atoms with van der Waals surface area (Å²) in [4.78, 5) is 12.9. The topological polar surface area (TPSA) is 32.3 Å². The van der Waals surface area contributed by atoms with Gasteiger partial charge < -0.3 is 10.2 Å². The Labute approximate surface area is 80.5 Å². The Kier molecular flexibility index (Phi) is 4.22. The molecule has 1 atom stereocenters. The smallest absolute Gasteiger partial charge is 0.222 e. The minimum Gasteiger partial charge on any atom is -0.349 e. The number of amides is 1. The maximum absolute atomic E-state index is 11.2. The summed E-state index contributed by atoms with van der Waals surface area (Å²) in [6.45, 7) is 1.16. The third kappa shape index (κ3) is 3.77. The normalized spacial score (nSPS) is 21.8. The summed E-state index contributed by atoms with van der Waals surface area (Å²) in [7, 11) is 3.63. The second-order valence-electron chi connectivity index (χ2n) is 3.97. The van der Waals surface area contributed by atoms with Crippen LogP contribution in [0.15, 0.2) is 0 Å². The van der Waals surface area contributed by atoms with E-state index in [2.05, 4.69) is 5.32 Å². The average molecular weight is 184 g/mol. The summed E-state index contributed by atoms with van der Waals surface area (Å²) in [5, 5.41) is 3.43. The zero-order chi connectivity index (χ0) is 9.68. The molecular formula is C10H20N2O. The highest BCUT2D eigenvalue weighted by molar-refractivity contribution is 5.75. The van der Waals surface area contributed by atoms with Gasteiger partial charge in [0.05, 0.1) is 0 Å². The van der Waals surface area contributed by atoms with E-state index in [0.29, 0.717) is 12.5 Å². The van der Waals surface area contributed by atoms with Crippen molar-refractivity contribution in [3.05, 3.63) is 0 Å². The maximum atomic E-state index is 11.2. The lowest BCUT2D eigenvalue weighted by molar-refractivity contribution is -0.128. The third-order valence-electron chi connectivity index (χ3n) is 2.60. The van der Waals surface area contributed by atoms with Crippen molar-refractivity contribution in [1.29, 1.82) is 0 Å². The summed E-state index contributed by atoms with van der Waals surface area (Å²) in [6.07, 6.45) is 5.46. The Balaban J connectivity index is 2.03. The molecule has 1 aliphatic rings. The van der Waals surface area contributed by atoms with Crippen molar-refractivity contribution in [2.75, 3.05) is 20.6 Å². The minimum absolute atomic E-state index is 0.248. The zero-order valence-corrected chi connectivity index (χ0v) is 8.68. The summed E-state index contributed by atoms with van der Waals surface area (Å²) < 4.78 is 0. The molecule has 0 aromatic rings. The largest absolute Gasteiger partial charge is 0.349 e. The van der Waals surface area contributed by atoms with Gasteiger partial charge in [0.15, 0.2) is 0 Å². The summed E-state index contributed by atoms with van der Waals surface area (Å²) >= 11 is 0. The number of nitrogens with one attached hydrogen (secondary N) is 1. The Morgan fingerprint density at radius 3 is 2.85 bits per heavy atom. The molecule has 3 heteroatoms. The van der Waals surface area contributed by atoms with E-state index < -0.39 is 0 Å². The van der Waals surface area contributed by atoms with Crippen LogP contribution in [0.1, 0.15) is 32.1 Å². The van der Waals surface area contributed by atoms with Gasteiger partial charge in [0.1, 0.15) is 0 Å². The van der Waals surface area contributed by atoms with E-state index >= 15 is 0 Å². The number of rotatable bonds is 4. The van der Waals surface area contributed by atoms with Crippen LogP contribution < -0.4 is 5.32 Å². The molecule has 13 heavy (non-hydrogen) atoms. The van der Waals surface area contributed by atoms with Crippen molar-refractivity contribution in [3.63, 3.8) is 0 Å². The monoisotopic (exact) mass is 184 g/mol. The first-order valence-corrected chi connectivity index (χ1v) is 5.13. The lowest BCUT2D eigenvalue weighted by Gasteiger charge is -2.12. The van der Waals surface area contributed by atoms with Crippen LogP contribution in [0.3, 0.4) is 0 Å². The molecule has 0 radical (unpaired) electrons. The standard InChI is InChI=1S/C10H20N2O/c1-12(2)10(13)7-3-5-9-6-4-8-11-9/h9,11H,3-8H2,1-2H3. The second-order valence-corrected chi connectivity index (χ2v) is 3.97. The predicted octanol–water partition coefficient (Wildman–Crippen LogP) is 0.997. The van der Waals surface area contributed by atoms with Gasteiger partial charge in [-0.15, -0.1) is 0 Å². The van der Waals surface area contributed by atoms with Gasteiger partial charge in [0.25, 0.3) is 0 Å². The number of carbonyl (C=O) groups excluding carboxylic acids is 1. The molecule has 1 amide bonds. The molecule has 1 aliphatic heterocycles. The first kappa shape index (κ1) is 10.5. The van der Waals surface area contributed by atoms with Crippen LogP contribution in [0.5, 0.6) is 0 Å². The summed E-state index contributed by atoms with van der Waals surface area (Å²) in [6, 6.07) is 0.676. The minimum atomic E-state index is 0.248. The van der Waals surface area contributed by atoms with Gasteiger partial charge in [0.2, 0.25) is 5.91 Å². The molecule has 0 aliphatic carbocycles. The molecule has 1 rings (SSSR count). The van der Waals surface area contributed by atoms with E-state index in [-0.39, 0.29) is 5.91 Å². The van der Waals surface area contributed by atoms with Crippen LogP contribution in [-0.4, -0.2) is 37.5 Å². The fourth-order valence-corrected chi connectivity index (χ4v) is 1.73. The van der Waals surface area contributed by atoms with Gasteiger partial charge in [-0.25, -0.2) is 0 Å². The highest BCUT2D eigenvalue weighted by atomic mass is 16.2. The Morgan fingerprint density at radius 1 is 1.54 bits per heavy atom. The SMILES string of the molecule is CN(C)C(=O)CCCC1CCCN1. The summed E-state index contributed by atoms with van der Waals surface area (Å²) in [5.74, 6) is 0.248.